The Labute approximate surface area is 113 Å². The Morgan fingerprint density at radius 1 is 1.22 bits per heavy atom. The fourth-order valence-corrected chi connectivity index (χ4v) is 3.52. The second kappa shape index (κ2) is 5.89. The summed E-state index contributed by atoms with van der Waals surface area (Å²) < 4.78 is 0. The highest BCUT2D eigenvalue weighted by molar-refractivity contribution is 5.00. The second-order valence-corrected chi connectivity index (χ2v) is 7.30. The lowest BCUT2D eigenvalue weighted by Crippen LogP contribution is -2.63. The highest BCUT2D eigenvalue weighted by Crippen LogP contribution is 2.29. The Morgan fingerprint density at radius 3 is 2.11 bits per heavy atom. The van der Waals surface area contributed by atoms with E-state index in [-0.39, 0.29) is 23.2 Å². The minimum atomic E-state index is -0.272. The summed E-state index contributed by atoms with van der Waals surface area (Å²) in [6.07, 6.45) is 4.11. The minimum absolute atomic E-state index is 0.162. The van der Waals surface area contributed by atoms with Gasteiger partial charge in [0.1, 0.15) is 0 Å². The summed E-state index contributed by atoms with van der Waals surface area (Å²) in [7, 11) is 0. The van der Waals surface area contributed by atoms with E-state index in [2.05, 4.69) is 45.3 Å². The van der Waals surface area contributed by atoms with Crippen LogP contribution in [0, 0.1) is 0 Å². The average Bonchev–Trinajstić information content (AvgIpc) is 2.11. The molecule has 108 valence electrons. The Hall–Kier alpha value is -0.120. The van der Waals surface area contributed by atoms with Gasteiger partial charge in [0.25, 0.3) is 0 Å². The van der Waals surface area contributed by atoms with E-state index in [1.165, 1.54) is 0 Å². The summed E-state index contributed by atoms with van der Waals surface area (Å²) in [5.74, 6) is 0. The predicted molar refractivity (Wildman–Crippen MR) is 77.8 cm³/mol. The van der Waals surface area contributed by atoms with Crippen molar-refractivity contribution in [3.63, 3.8) is 0 Å². The highest BCUT2D eigenvalue weighted by Gasteiger charge is 2.38. The molecule has 0 radical (unpaired) electrons. The van der Waals surface area contributed by atoms with Gasteiger partial charge in [-0.15, -0.1) is 0 Å². The van der Waals surface area contributed by atoms with Crippen molar-refractivity contribution < 1.29 is 5.11 Å². The van der Waals surface area contributed by atoms with Crippen LogP contribution in [0.1, 0.15) is 67.2 Å². The average molecular weight is 256 g/mol. The fourth-order valence-electron chi connectivity index (χ4n) is 3.52. The second-order valence-electron chi connectivity index (χ2n) is 7.30. The Kier molecular flexibility index (Phi) is 5.22. The number of hydrogen-bond acceptors (Lipinski definition) is 3. The molecular weight excluding hydrogens is 224 g/mol. The third-order valence-electron chi connectivity index (χ3n) is 3.82. The van der Waals surface area contributed by atoms with E-state index in [1.54, 1.807) is 0 Å². The molecule has 1 heterocycles. The largest absolute Gasteiger partial charge is 0.392 e. The molecule has 1 saturated heterocycles. The monoisotopic (exact) mass is 256 g/mol. The molecule has 1 fully saturated rings. The molecule has 0 spiro atoms. The first-order chi connectivity index (χ1) is 8.15. The number of aliphatic hydroxyl groups is 1. The maximum Gasteiger partial charge on any atom is 0.0665 e. The minimum Gasteiger partial charge on any atom is -0.392 e. The van der Waals surface area contributed by atoms with Crippen molar-refractivity contribution in [3.8, 4) is 0 Å². The van der Waals surface area contributed by atoms with E-state index in [4.69, 9.17) is 0 Å². The molecule has 18 heavy (non-hydrogen) atoms. The van der Waals surface area contributed by atoms with Gasteiger partial charge in [0, 0.05) is 23.2 Å². The summed E-state index contributed by atoms with van der Waals surface area (Å²) >= 11 is 0. The maximum atomic E-state index is 9.86. The van der Waals surface area contributed by atoms with Crippen LogP contribution in [-0.2, 0) is 0 Å². The summed E-state index contributed by atoms with van der Waals surface area (Å²) in [5.41, 5.74) is 0.323. The summed E-state index contributed by atoms with van der Waals surface area (Å²) in [6, 6.07) is 0.715. The van der Waals surface area contributed by atoms with Crippen LogP contribution in [0.4, 0.5) is 0 Å². The van der Waals surface area contributed by atoms with E-state index in [0.717, 1.165) is 25.7 Å². The zero-order valence-corrected chi connectivity index (χ0v) is 13.0. The third-order valence-corrected chi connectivity index (χ3v) is 3.82. The van der Waals surface area contributed by atoms with Gasteiger partial charge in [-0.05, 0) is 53.9 Å². The Morgan fingerprint density at radius 2 is 1.72 bits per heavy atom. The summed E-state index contributed by atoms with van der Waals surface area (Å²) in [5, 5.41) is 17.2. The molecule has 0 saturated carbocycles. The first kappa shape index (κ1) is 15.9. The van der Waals surface area contributed by atoms with Crippen molar-refractivity contribution >= 4 is 0 Å². The number of rotatable bonds is 5. The summed E-state index contributed by atoms with van der Waals surface area (Å²) in [6.45, 7) is 13.1. The van der Waals surface area contributed by atoms with Crippen LogP contribution in [-0.4, -0.2) is 34.4 Å². The van der Waals surface area contributed by atoms with Gasteiger partial charge in [-0.2, -0.15) is 0 Å². The number of hydrogen-bond donors (Lipinski definition) is 3. The molecule has 0 aromatic carbocycles. The Bertz CT molecular complexity index is 245. The van der Waals surface area contributed by atoms with E-state index in [9.17, 15) is 5.11 Å². The fraction of sp³-hybridized carbons (Fsp3) is 1.00. The lowest BCUT2D eigenvalue weighted by Gasteiger charge is -2.47. The normalized spacial score (nSPS) is 26.8. The van der Waals surface area contributed by atoms with Gasteiger partial charge in [0.05, 0.1) is 6.10 Å². The van der Waals surface area contributed by atoms with Gasteiger partial charge >= 0.3 is 0 Å². The topological polar surface area (TPSA) is 44.3 Å². The highest BCUT2D eigenvalue weighted by atomic mass is 16.3. The lowest BCUT2D eigenvalue weighted by molar-refractivity contribution is 0.0965. The molecule has 2 unspecified atom stereocenters. The van der Waals surface area contributed by atoms with Gasteiger partial charge in [-0.1, -0.05) is 13.3 Å². The van der Waals surface area contributed by atoms with Crippen molar-refractivity contribution in [1.29, 1.82) is 0 Å². The third kappa shape index (κ3) is 4.87. The van der Waals surface area contributed by atoms with Crippen molar-refractivity contribution in [1.82, 2.24) is 10.6 Å². The van der Waals surface area contributed by atoms with Crippen LogP contribution in [0.25, 0.3) is 0 Å². The van der Waals surface area contributed by atoms with Gasteiger partial charge in [-0.25, -0.2) is 0 Å². The van der Waals surface area contributed by atoms with Crippen LogP contribution in [0.2, 0.25) is 0 Å². The molecule has 0 amide bonds. The molecule has 0 aromatic heterocycles. The SMILES string of the molecule is CCCC(NC1CC(C)(C)NC(C)(C)C1)C(C)O. The van der Waals surface area contributed by atoms with Gasteiger partial charge in [0.15, 0.2) is 0 Å². The van der Waals surface area contributed by atoms with Crippen molar-refractivity contribution in [2.24, 2.45) is 0 Å². The van der Waals surface area contributed by atoms with E-state index in [1.807, 2.05) is 6.92 Å². The smallest absolute Gasteiger partial charge is 0.0665 e. The first-order valence-electron chi connectivity index (χ1n) is 7.39. The van der Waals surface area contributed by atoms with E-state index < -0.39 is 0 Å². The van der Waals surface area contributed by atoms with Crippen LogP contribution >= 0.6 is 0 Å². The molecule has 1 rings (SSSR count). The molecule has 0 aromatic rings. The molecule has 1 aliphatic heterocycles. The first-order valence-corrected chi connectivity index (χ1v) is 7.39. The molecule has 0 bridgehead atoms. The number of piperidine rings is 1. The molecular formula is C15H32N2O. The quantitative estimate of drug-likeness (QED) is 0.708. The van der Waals surface area contributed by atoms with Crippen molar-refractivity contribution in [3.05, 3.63) is 0 Å². The van der Waals surface area contributed by atoms with Gasteiger partial charge < -0.3 is 15.7 Å². The maximum absolute atomic E-state index is 9.86. The van der Waals surface area contributed by atoms with Crippen LogP contribution in [0.15, 0.2) is 0 Å². The molecule has 3 heteroatoms. The standard InChI is InChI=1S/C15H32N2O/c1-7-8-13(11(2)18)16-12-9-14(3,4)17-15(5,6)10-12/h11-13,16-18H,7-10H2,1-6H3. The lowest BCUT2D eigenvalue weighted by atomic mass is 9.79. The molecule has 0 aliphatic carbocycles. The Balaban J connectivity index is 2.65. The molecule has 3 nitrogen and oxygen atoms in total. The molecule has 3 N–H and O–H groups in total. The van der Waals surface area contributed by atoms with Gasteiger partial charge in [-0.3, -0.25) is 0 Å². The van der Waals surface area contributed by atoms with Crippen molar-refractivity contribution in [2.75, 3.05) is 0 Å². The zero-order valence-electron chi connectivity index (χ0n) is 13.0. The van der Waals surface area contributed by atoms with Crippen LogP contribution < -0.4 is 10.6 Å². The predicted octanol–water partition coefficient (Wildman–Crippen LogP) is 2.43. The molecule has 2 atom stereocenters. The number of nitrogens with one attached hydrogen (secondary N) is 2. The van der Waals surface area contributed by atoms with E-state index >= 15 is 0 Å². The van der Waals surface area contributed by atoms with Crippen LogP contribution in [0.3, 0.4) is 0 Å². The van der Waals surface area contributed by atoms with E-state index in [0.29, 0.717) is 6.04 Å². The van der Waals surface area contributed by atoms with Gasteiger partial charge in [0.2, 0.25) is 0 Å². The van der Waals surface area contributed by atoms with Crippen LogP contribution in [0.5, 0.6) is 0 Å². The zero-order chi connectivity index (χ0) is 14.0. The van der Waals surface area contributed by atoms with Crippen molar-refractivity contribution in [2.45, 2.75) is 96.5 Å². The summed E-state index contributed by atoms with van der Waals surface area (Å²) in [4.78, 5) is 0. The molecule has 1 aliphatic rings. The number of aliphatic hydroxyl groups excluding tert-OH is 1.